The van der Waals surface area contributed by atoms with Gasteiger partial charge in [0.15, 0.2) is 0 Å². The minimum atomic E-state index is -0.0840. The van der Waals surface area contributed by atoms with Crippen molar-refractivity contribution in [3.63, 3.8) is 0 Å². The number of benzene rings is 1. The third-order valence-corrected chi connectivity index (χ3v) is 3.12. The Labute approximate surface area is 114 Å². The molecule has 4 nitrogen and oxygen atoms in total. The summed E-state index contributed by atoms with van der Waals surface area (Å²) in [5, 5.41) is 2.86. The van der Waals surface area contributed by atoms with E-state index in [2.05, 4.69) is 31.2 Å². The number of nitrogens with one attached hydrogen (secondary N) is 1. The Balaban J connectivity index is 1.88. The second-order valence-electron chi connectivity index (χ2n) is 3.73. The maximum absolute atomic E-state index is 11.9. The van der Waals surface area contributed by atoms with E-state index in [1.54, 1.807) is 18.5 Å². The van der Waals surface area contributed by atoms with Crippen molar-refractivity contribution in [2.45, 2.75) is 6.42 Å². The van der Waals surface area contributed by atoms with Crippen molar-refractivity contribution in [3.05, 3.63) is 58.6 Å². The molecular weight excluding hydrogens is 294 g/mol. The summed E-state index contributed by atoms with van der Waals surface area (Å²) in [7, 11) is 0. The summed E-state index contributed by atoms with van der Waals surface area (Å²) >= 11 is 3.35. The maximum Gasteiger partial charge on any atom is 0.252 e. The molecule has 0 spiro atoms. The average molecular weight is 306 g/mol. The third-order valence-electron chi connectivity index (χ3n) is 2.43. The molecule has 92 valence electrons. The first kappa shape index (κ1) is 12.7. The van der Waals surface area contributed by atoms with Crippen LogP contribution in [0.25, 0.3) is 0 Å². The zero-order valence-corrected chi connectivity index (χ0v) is 11.2. The van der Waals surface area contributed by atoms with Gasteiger partial charge in [-0.3, -0.25) is 4.79 Å². The van der Waals surface area contributed by atoms with E-state index in [4.69, 9.17) is 0 Å². The number of aromatic nitrogens is 2. The van der Waals surface area contributed by atoms with E-state index in [1.165, 1.54) is 6.33 Å². The zero-order chi connectivity index (χ0) is 12.8. The minimum Gasteiger partial charge on any atom is -0.352 e. The average Bonchev–Trinajstić information content (AvgIpc) is 2.40. The van der Waals surface area contributed by atoms with Gasteiger partial charge in [0.1, 0.15) is 6.33 Å². The van der Waals surface area contributed by atoms with Gasteiger partial charge in [-0.05, 0) is 40.0 Å². The van der Waals surface area contributed by atoms with Gasteiger partial charge in [-0.25, -0.2) is 9.97 Å². The normalized spacial score (nSPS) is 10.1. The van der Waals surface area contributed by atoms with E-state index >= 15 is 0 Å². The Kier molecular flexibility index (Phi) is 4.41. The zero-order valence-electron chi connectivity index (χ0n) is 9.64. The van der Waals surface area contributed by atoms with E-state index in [0.29, 0.717) is 12.1 Å². The molecule has 2 aromatic rings. The smallest absolute Gasteiger partial charge is 0.252 e. The second kappa shape index (κ2) is 6.26. The van der Waals surface area contributed by atoms with E-state index in [0.717, 1.165) is 16.5 Å². The van der Waals surface area contributed by atoms with Crippen LogP contribution in [-0.4, -0.2) is 22.4 Å². The summed E-state index contributed by atoms with van der Waals surface area (Å²) in [6, 6.07) is 7.35. The number of nitrogens with zero attached hydrogens (tertiary/aromatic N) is 2. The fraction of sp³-hybridized carbons (Fsp3) is 0.154. The quantitative estimate of drug-likeness (QED) is 0.942. The van der Waals surface area contributed by atoms with Crippen LogP contribution in [0.1, 0.15) is 15.9 Å². The predicted molar refractivity (Wildman–Crippen MR) is 72.2 cm³/mol. The van der Waals surface area contributed by atoms with Crippen LogP contribution in [0.2, 0.25) is 0 Å². The van der Waals surface area contributed by atoms with Crippen LogP contribution < -0.4 is 5.32 Å². The van der Waals surface area contributed by atoms with Crippen molar-refractivity contribution in [1.82, 2.24) is 15.3 Å². The molecule has 0 radical (unpaired) electrons. The largest absolute Gasteiger partial charge is 0.352 e. The predicted octanol–water partition coefficient (Wildman–Crippen LogP) is 2.21. The van der Waals surface area contributed by atoms with Crippen molar-refractivity contribution < 1.29 is 4.79 Å². The molecule has 1 amide bonds. The molecule has 0 aliphatic heterocycles. The van der Waals surface area contributed by atoms with Crippen LogP contribution in [0.15, 0.2) is 47.5 Å². The Hall–Kier alpha value is -1.75. The summed E-state index contributed by atoms with van der Waals surface area (Å²) in [5.74, 6) is -0.0840. The molecule has 18 heavy (non-hydrogen) atoms. The van der Waals surface area contributed by atoms with Crippen LogP contribution in [-0.2, 0) is 6.42 Å². The molecule has 0 atom stereocenters. The van der Waals surface area contributed by atoms with Gasteiger partial charge in [0.2, 0.25) is 0 Å². The summed E-state index contributed by atoms with van der Waals surface area (Å²) < 4.78 is 0.797. The highest BCUT2D eigenvalue weighted by molar-refractivity contribution is 9.10. The van der Waals surface area contributed by atoms with Crippen molar-refractivity contribution in [1.29, 1.82) is 0 Å². The SMILES string of the molecule is O=C(NCCc1cncnc1)c1ccccc1Br. The molecule has 0 saturated heterocycles. The fourth-order valence-electron chi connectivity index (χ4n) is 1.52. The Bertz CT molecular complexity index is 531. The summed E-state index contributed by atoms with van der Waals surface area (Å²) in [5.41, 5.74) is 1.65. The van der Waals surface area contributed by atoms with Gasteiger partial charge >= 0.3 is 0 Å². The molecule has 1 heterocycles. The lowest BCUT2D eigenvalue weighted by Gasteiger charge is -2.06. The fourth-order valence-corrected chi connectivity index (χ4v) is 1.98. The highest BCUT2D eigenvalue weighted by atomic mass is 79.9. The molecule has 2 rings (SSSR count). The van der Waals surface area contributed by atoms with Crippen LogP contribution >= 0.6 is 15.9 Å². The van der Waals surface area contributed by atoms with Crippen LogP contribution in [0.3, 0.4) is 0 Å². The van der Waals surface area contributed by atoms with Gasteiger partial charge in [0.25, 0.3) is 5.91 Å². The van der Waals surface area contributed by atoms with Crippen LogP contribution in [0.4, 0.5) is 0 Å². The van der Waals surface area contributed by atoms with E-state index in [1.807, 2.05) is 18.2 Å². The Morgan fingerprint density at radius 2 is 1.94 bits per heavy atom. The summed E-state index contributed by atoms with van der Waals surface area (Å²) in [4.78, 5) is 19.7. The van der Waals surface area contributed by atoms with Gasteiger partial charge in [0.05, 0.1) is 5.56 Å². The molecule has 0 fully saturated rings. The van der Waals surface area contributed by atoms with Gasteiger partial charge < -0.3 is 5.32 Å². The molecule has 0 aliphatic rings. The molecule has 5 heteroatoms. The Morgan fingerprint density at radius 3 is 2.67 bits per heavy atom. The van der Waals surface area contributed by atoms with Gasteiger partial charge in [0, 0.05) is 23.4 Å². The maximum atomic E-state index is 11.9. The molecule has 1 aromatic carbocycles. The number of rotatable bonds is 4. The van der Waals surface area contributed by atoms with Gasteiger partial charge in [-0.15, -0.1) is 0 Å². The third kappa shape index (κ3) is 3.37. The highest BCUT2D eigenvalue weighted by Gasteiger charge is 2.07. The van der Waals surface area contributed by atoms with Crippen molar-refractivity contribution >= 4 is 21.8 Å². The lowest BCUT2D eigenvalue weighted by Crippen LogP contribution is -2.26. The Morgan fingerprint density at radius 1 is 1.22 bits per heavy atom. The minimum absolute atomic E-state index is 0.0840. The van der Waals surface area contributed by atoms with E-state index in [-0.39, 0.29) is 5.91 Å². The standard InChI is InChI=1S/C13H12BrN3O/c14-12-4-2-1-3-11(12)13(18)17-6-5-10-7-15-9-16-8-10/h1-4,7-9H,5-6H2,(H,17,18). The topological polar surface area (TPSA) is 54.9 Å². The van der Waals surface area contributed by atoms with Crippen molar-refractivity contribution in [2.24, 2.45) is 0 Å². The lowest BCUT2D eigenvalue weighted by atomic mass is 10.2. The lowest BCUT2D eigenvalue weighted by molar-refractivity contribution is 0.0953. The molecule has 0 bridgehead atoms. The molecule has 1 N–H and O–H groups in total. The van der Waals surface area contributed by atoms with Gasteiger partial charge in [-0.2, -0.15) is 0 Å². The first-order chi connectivity index (χ1) is 8.77. The van der Waals surface area contributed by atoms with E-state index in [9.17, 15) is 4.79 Å². The van der Waals surface area contributed by atoms with Crippen LogP contribution in [0.5, 0.6) is 0 Å². The number of halogens is 1. The number of hydrogen-bond acceptors (Lipinski definition) is 3. The number of amides is 1. The second-order valence-corrected chi connectivity index (χ2v) is 4.59. The molecule has 0 unspecified atom stereocenters. The monoisotopic (exact) mass is 305 g/mol. The summed E-state index contributed by atoms with van der Waals surface area (Å²) in [6.45, 7) is 0.563. The van der Waals surface area contributed by atoms with Crippen molar-refractivity contribution in [3.8, 4) is 0 Å². The molecular formula is C13H12BrN3O. The number of carbonyl (C=O) groups is 1. The molecule has 0 aliphatic carbocycles. The molecule has 1 aromatic heterocycles. The van der Waals surface area contributed by atoms with Crippen molar-refractivity contribution in [2.75, 3.05) is 6.54 Å². The van der Waals surface area contributed by atoms with Gasteiger partial charge in [-0.1, -0.05) is 12.1 Å². The number of carbonyl (C=O) groups excluding carboxylic acids is 1. The first-order valence-corrected chi connectivity index (χ1v) is 6.33. The van der Waals surface area contributed by atoms with Crippen LogP contribution in [0, 0.1) is 0 Å². The highest BCUT2D eigenvalue weighted by Crippen LogP contribution is 2.15. The number of hydrogen-bond donors (Lipinski definition) is 1. The summed E-state index contributed by atoms with van der Waals surface area (Å²) in [6.07, 6.45) is 5.70. The molecule has 0 saturated carbocycles. The first-order valence-electron chi connectivity index (χ1n) is 5.54. The van der Waals surface area contributed by atoms with E-state index < -0.39 is 0 Å².